The number of nitrogens with one attached hydrogen (secondary N) is 1. The molecule has 128 valence electrons. The van der Waals surface area contributed by atoms with E-state index in [1.165, 1.54) is 12.8 Å². The second-order valence-electron chi connectivity index (χ2n) is 7.74. The first-order chi connectivity index (χ1) is 11.5. The molecule has 1 aromatic carbocycles. The zero-order valence-electron chi connectivity index (χ0n) is 14.7. The number of benzene rings is 1. The first-order valence-corrected chi connectivity index (χ1v) is 9.04. The lowest BCUT2D eigenvalue weighted by molar-refractivity contribution is -0.0478. The zero-order valence-corrected chi connectivity index (χ0v) is 14.7. The predicted octanol–water partition coefficient (Wildman–Crippen LogP) is 3.83. The molecule has 4 rings (SSSR count). The summed E-state index contributed by atoms with van der Waals surface area (Å²) in [5.74, 6) is 0.748. The molecule has 2 bridgehead atoms. The lowest BCUT2D eigenvalue weighted by Crippen LogP contribution is -2.52. The molecule has 1 aromatic heterocycles. The molecule has 0 spiro atoms. The van der Waals surface area contributed by atoms with Crippen molar-refractivity contribution in [1.82, 2.24) is 9.88 Å². The van der Waals surface area contributed by atoms with Crippen LogP contribution < -0.4 is 0 Å². The second kappa shape index (κ2) is 5.92. The standard InChI is InChI=1S/C20H26N2O2/c1-12(2)19-17-7-6-15(22(17)3)11-18(19)24-20(23)14-5-4-13-8-9-21-16(13)10-14/h4-5,8-10,12,15,17-19,21H,6-7,11H2,1-3H3/t15-,17+,18-,19?/m1/s1. The molecule has 4 atom stereocenters. The Balaban J connectivity index is 1.55. The molecule has 2 fully saturated rings. The Morgan fingerprint density at radius 1 is 1.29 bits per heavy atom. The SMILES string of the molecule is CC(C)C1[C@H](OC(=O)c2ccc3cc[nH]c3c2)C[C@H]2CC[C@@H]1N2C. The number of ether oxygens (including phenoxy) is 1. The minimum absolute atomic E-state index is 0.0329. The number of carbonyl (C=O) groups is 1. The summed E-state index contributed by atoms with van der Waals surface area (Å²) in [6, 6.07) is 8.85. The Labute approximate surface area is 143 Å². The van der Waals surface area contributed by atoms with E-state index >= 15 is 0 Å². The Morgan fingerprint density at radius 3 is 2.92 bits per heavy atom. The molecule has 0 aliphatic carbocycles. The molecule has 0 amide bonds. The van der Waals surface area contributed by atoms with Crippen molar-refractivity contribution >= 4 is 16.9 Å². The normalized spacial score (nSPS) is 30.2. The maximum atomic E-state index is 12.7. The van der Waals surface area contributed by atoms with Crippen molar-refractivity contribution in [3.8, 4) is 0 Å². The number of hydrogen-bond acceptors (Lipinski definition) is 3. The number of fused-ring (bicyclic) bond motifs is 3. The molecule has 1 N–H and O–H groups in total. The summed E-state index contributed by atoms with van der Waals surface area (Å²) in [4.78, 5) is 18.4. The van der Waals surface area contributed by atoms with E-state index in [1.54, 1.807) is 0 Å². The lowest BCUT2D eigenvalue weighted by Gasteiger charge is -2.44. The summed E-state index contributed by atoms with van der Waals surface area (Å²) in [5.41, 5.74) is 1.62. The third-order valence-electron chi connectivity index (χ3n) is 6.09. The molecule has 2 aromatic rings. The summed E-state index contributed by atoms with van der Waals surface area (Å²) >= 11 is 0. The maximum absolute atomic E-state index is 12.7. The van der Waals surface area contributed by atoms with Gasteiger partial charge in [-0.1, -0.05) is 19.9 Å². The second-order valence-corrected chi connectivity index (χ2v) is 7.74. The third-order valence-corrected chi connectivity index (χ3v) is 6.09. The van der Waals surface area contributed by atoms with Crippen LogP contribution >= 0.6 is 0 Å². The van der Waals surface area contributed by atoms with Crippen molar-refractivity contribution in [1.29, 1.82) is 0 Å². The number of aromatic nitrogens is 1. The highest BCUT2D eigenvalue weighted by Crippen LogP contribution is 2.42. The van der Waals surface area contributed by atoms with E-state index in [1.807, 2.05) is 30.5 Å². The average molecular weight is 326 g/mol. The summed E-state index contributed by atoms with van der Waals surface area (Å²) in [6.45, 7) is 4.51. The van der Waals surface area contributed by atoms with Gasteiger partial charge in [0.1, 0.15) is 6.10 Å². The highest BCUT2D eigenvalue weighted by atomic mass is 16.5. The van der Waals surface area contributed by atoms with Crippen molar-refractivity contribution in [2.45, 2.75) is 51.3 Å². The number of piperidine rings is 1. The number of carbonyl (C=O) groups excluding carboxylic acids is 1. The Hall–Kier alpha value is -1.81. The van der Waals surface area contributed by atoms with Crippen LogP contribution in [0.2, 0.25) is 0 Å². The number of H-pyrrole nitrogens is 1. The summed E-state index contributed by atoms with van der Waals surface area (Å²) < 4.78 is 6.03. The third kappa shape index (κ3) is 2.53. The highest BCUT2D eigenvalue weighted by molar-refractivity contribution is 5.94. The maximum Gasteiger partial charge on any atom is 0.338 e. The van der Waals surface area contributed by atoms with E-state index in [0.717, 1.165) is 17.3 Å². The van der Waals surface area contributed by atoms with Gasteiger partial charge in [0.25, 0.3) is 0 Å². The number of rotatable bonds is 3. The van der Waals surface area contributed by atoms with E-state index < -0.39 is 0 Å². The van der Waals surface area contributed by atoms with Gasteiger partial charge in [-0.15, -0.1) is 0 Å². The van der Waals surface area contributed by atoms with Crippen molar-refractivity contribution in [3.05, 3.63) is 36.0 Å². The van der Waals surface area contributed by atoms with E-state index in [0.29, 0.717) is 29.5 Å². The predicted molar refractivity (Wildman–Crippen MR) is 95.0 cm³/mol. The van der Waals surface area contributed by atoms with Crippen LogP contribution in [0, 0.1) is 11.8 Å². The lowest BCUT2D eigenvalue weighted by atomic mass is 9.79. The Kier molecular flexibility index (Phi) is 3.87. The number of nitrogens with zero attached hydrogens (tertiary/aromatic N) is 1. The monoisotopic (exact) mass is 326 g/mol. The van der Waals surface area contributed by atoms with Crippen LogP contribution in [0.25, 0.3) is 10.9 Å². The Bertz CT molecular complexity index is 751. The first-order valence-electron chi connectivity index (χ1n) is 9.04. The molecule has 2 saturated heterocycles. The van der Waals surface area contributed by atoms with Gasteiger partial charge >= 0.3 is 5.97 Å². The van der Waals surface area contributed by atoms with Crippen molar-refractivity contribution in [2.75, 3.05) is 7.05 Å². The van der Waals surface area contributed by atoms with Crippen LogP contribution in [-0.4, -0.2) is 41.1 Å². The molecule has 0 saturated carbocycles. The van der Waals surface area contributed by atoms with Gasteiger partial charge in [0.2, 0.25) is 0 Å². The highest BCUT2D eigenvalue weighted by Gasteiger charge is 2.48. The van der Waals surface area contributed by atoms with E-state index in [-0.39, 0.29) is 12.1 Å². The minimum atomic E-state index is -0.189. The fourth-order valence-corrected chi connectivity index (χ4v) is 4.84. The number of hydrogen-bond donors (Lipinski definition) is 1. The van der Waals surface area contributed by atoms with Gasteiger partial charge in [0, 0.05) is 36.1 Å². The van der Waals surface area contributed by atoms with Gasteiger partial charge in [-0.3, -0.25) is 4.90 Å². The topological polar surface area (TPSA) is 45.3 Å². The fraction of sp³-hybridized carbons (Fsp3) is 0.550. The van der Waals surface area contributed by atoms with Crippen LogP contribution in [0.15, 0.2) is 30.5 Å². The smallest absolute Gasteiger partial charge is 0.338 e. The van der Waals surface area contributed by atoms with Gasteiger partial charge in [0.05, 0.1) is 5.56 Å². The van der Waals surface area contributed by atoms with Crippen LogP contribution in [-0.2, 0) is 4.74 Å². The Morgan fingerprint density at radius 2 is 2.12 bits per heavy atom. The molecule has 0 radical (unpaired) electrons. The van der Waals surface area contributed by atoms with Crippen LogP contribution in [0.5, 0.6) is 0 Å². The molecule has 1 unspecified atom stereocenters. The first kappa shape index (κ1) is 15.7. The van der Waals surface area contributed by atoms with Crippen molar-refractivity contribution in [2.24, 2.45) is 11.8 Å². The summed E-state index contributed by atoms with van der Waals surface area (Å²) in [6.07, 6.45) is 5.35. The van der Waals surface area contributed by atoms with Gasteiger partial charge in [0.15, 0.2) is 0 Å². The molecule has 3 heterocycles. The zero-order chi connectivity index (χ0) is 16.8. The molecular weight excluding hydrogens is 300 g/mol. The van der Waals surface area contributed by atoms with Gasteiger partial charge in [-0.05, 0) is 49.4 Å². The van der Waals surface area contributed by atoms with Gasteiger partial charge < -0.3 is 9.72 Å². The number of esters is 1. The largest absolute Gasteiger partial charge is 0.458 e. The van der Waals surface area contributed by atoms with Crippen LogP contribution in [0.4, 0.5) is 0 Å². The molecule has 2 aliphatic heterocycles. The minimum Gasteiger partial charge on any atom is -0.458 e. The summed E-state index contributed by atoms with van der Waals surface area (Å²) in [5, 5.41) is 1.11. The van der Waals surface area contributed by atoms with Crippen LogP contribution in [0.1, 0.15) is 43.5 Å². The van der Waals surface area contributed by atoms with E-state index in [9.17, 15) is 4.79 Å². The van der Waals surface area contributed by atoms with E-state index in [4.69, 9.17) is 4.74 Å². The molecular formula is C20H26N2O2. The molecule has 4 heteroatoms. The summed E-state index contributed by atoms with van der Waals surface area (Å²) in [7, 11) is 2.23. The quantitative estimate of drug-likeness (QED) is 0.872. The molecule has 24 heavy (non-hydrogen) atoms. The molecule has 2 aliphatic rings. The van der Waals surface area contributed by atoms with Crippen molar-refractivity contribution < 1.29 is 9.53 Å². The molecule has 4 nitrogen and oxygen atoms in total. The number of aromatic amines is 1. The van der Waals surface area contributed by atoms with Crippen LogP contribution in [0.3, 0.4) is 0 Å². The average Bonchev–Trinajstić information content (AvgIpc) is 3.09. The van der Waals surface area contributed by atoms with Gasteiger partial charge in [-0.25, -0.2) is 4.79 Å². The van der Waals surface area contributed by atoms with E-state index in [2.05, 4.69) is 30.8 Å². The van der Waals surface area contributed by atoms with Crippen molar-refractivity contribution in [3.63, 3.8) is 0 Å². The fourth-order valence-electron chi connectivity index (χ4n) is 4.84. The van der Waals surface area contributed by atoms with Gasteiger partial charge in [-0.2, -0.15) is 0 Å².